The molecule has 1 N–H and O–H groups in total. The molecule has 0 amide bonds. The first-order chi connectivity index (χ1) is 12.8. The molecule has 1 aromatic rings. The predicted molar refractivity (Wildman–Crippen MR) is 113 cm³/mol. The van der Waals surface area contributed by atoms with Gasteiger partial charge in [-0.25, -0.2) is 0 Å². The molecule has 0 aliphatic carbocycles. The number of ether oxygens (including phenoxy) is 1. The third-order valence-corrected chi connectivity index (χ3v) is 6.76. The zero-order valence-electron chi connectivity index (χ0n) is 17.6. The normalized spacial score (nSPS) is 14.1. The SMILES string of the molecule is CCCCCCc1ccc(OC(C)(CC)S(=O)(=O)O)cc1CCCCCC. The summed E-state index contributed by atoms with van der Waals surface area (Å²) in [5.41, 5.74) is 2.58. The van der Waals surface area contributed by atoms with Crippen molar-refractivity contribution in [3.05, 3.63) is 29.3 Å². The van der Waals surface area contributed by atoms with Crippen molar-refractivity contribution in [2.24, 2.45) is 0 Å². The molecule has 5 heteroatoms. The molecule has 1 aromatic carbocycles. The number of hydrogen-bond acceptors (Lipinski definition) is 3. The van der Waals surface area contributed by atoms with Crippen LogP contribution in [0.25, 0.3) is 0 Å². The molecule has 0 aliphatic heterocycles. The summed E-state index contributed by atoms with van der Waals surface area (Å²) < 4.78 is 38.7. The van der Waals surface area contributed by atoms with Gasteiger partial charge in [-0.1, -0.05) is 65.4 Å². The van der Waals surface area contributed by atoms with Gasteiger partial charge >= 0.3 is 10.1 Å². The average molecular weight is 399 g/mol. The molecular formula is C22H38O4S. The van der Waals surface area contributed by atoms with E-state index >= 15 is 0 Å². The number of unbranched alkanes of at least 4 members (excludes halogenated alkanes) is 6. The molecule has 0 bridgehead atoms. The van der Waals surface area contributed by atoms with Crippen LogP contribution in [-0.2, 0) is 23.0 Å². The maximum absolute atomic E-state index is 11.7. The Morgan fingerprint density at radius 3 is 1.93 bits per heavy atom. The summed E-state index contributed by atoms with van der Waals surface area (Å²) >= 11 is 0. The molecule has 156 valence electrons. The fourth-order valence-corrected chi connectivity index (χ4v) is 3.75. The first-order valence-electron chi connectivity index (χ1n) is 10.5. The summed E-state index contributed by atoms with van der Waals surface area (Å²) in [7, 11) is -4.30. The lowest BCUT2D eigenvalue weighted by molar-refractivity contribution is 0.155. The van der Waals surface area contributed by atoms with Gasteiger partial charge in [0.05, 0.1) is 0 Å². The van der Waals surface area contributed by atoms with Gasteiger partial charge in [-0.2, -0.15) is 8.42 Å². The molecule has 1 rings (SSSR count). The molecular weight excluding hydrogens is 360 g/mol. The van der Waals surface area contributed by atoms with E-state index in [2.05, 4.69) is 19.9 Å². The predicted octanol–water partition coefficient (Wildman–Crippen LogP) is 6.33. The first-order valence-corrected chi connectivity index (χ1v) is 12.0. The van der Waals surface area contributed by atoms with Crippen LogP contribution in [0.5, 0.6) is 5.75 Å². The lowest BCUT2D eigenvalue weighted by Gasteiger charge is -2.26. The Morgan fingerprint density at radius 1 is 0.889 bits per heavy atom. The van der Waals surface area contributed by atoms with Crippen molar-refractivity contribution < 1.29 is 17.7 Å². The van der Waals surface area contributed by atoms with Crippen LogP contribution in [-0.4, -0.2) is 17.9 Å². The van der Waals surface area contributed by atoms with Crippen molar-refractivity contribution in [1.82, 2.24) is 0 Å². The van der Waals surface area contributed by atoms with E-state index in [1.54, 1.807) is 6.92 Å². The number of benzene rings is 1. The van der Waals surface area contributed by atoms with E-state index in [4.69, 9.17) is 4.74 Å². The molecule has 0 aliphatic rings. The number of aryl methyl sites for hydroxylation is 2. The minimum Gasteiger partial charge on any atom is -0.469 e. The zero-order chi connectivity index (χ0) is 20.3. The van der Waals surface area contributed by atoms with Crippen molar-refractivity contribution in [2.75, 3.05) is 0 Å². The summed E-state index contributed by atoms with van der Waals surface area (Å²) in [4.78, 5) is -1.62. The first kappa shape index (κ1) is 24.0. The lowest BCUT2D eigenvalue weighted by Crippen LogP contribution is -2.40. The molecule has 27 heavy (non-hydrogen) atoms. The van der Waals surface area contributed by atoms with Crippen LogP contribution < -0.4 is 4.74 Å². The van der Waals surface area contributed by atoms with Gasteiger partial charge in [-0.15, -0.1) is 0 Å². The molecule has 1 unspecified atom stereocenters. The van der Waals surface area contributed by atoms with Gasteiger partial charge in [0.25, 0.3) is 0 Å². The van der Waals surface area contributed by atoms with Crippen LogP contribution in [0.3, 0.4) is 0 Å². The van der Waals surface area contributed by atoms with Gasteiger partial charge < -0.3 is 4.74 Å². The van der Waals surface area contributed by atoms with Crippen molar-refractivity contribution >= 4 is 10.1 Å². The van der Waals surface area contributed by atoms with E-state index in [0.717, 1.165) is 19.3 Å². The minimum atomic E-state index is -4.30. The fourth-order valence-electron chi connectivity index (χ4n) is 3.18. The second-order valence-corrected chi connectivity index (χ2v) is 9.43. The summed E-state index contributed by atoms with van der Waals surface area (Å²) in [5, 5.41) is 0. The number of rotatable bonds is 14. The third-order valence-electron chi connectivity index (χ3n) is 5.30. The molecule has 0 saturated heterocycles. The van der Waals surface area contributed by atoms with E-state index < -0.39 is 15.1 Å². The largest absolute Gasteiger partial charge is 0.469 e. The Balaban J connectivity index is 2.96. The molecule has 0 radical (unpaired) electrons. The van der Waals surface area contributed by atoms with E-state index in [1.165, 1.54) is 63.0 Å². The lowest BCUT2D eigenvalue weighted by atomic mass is 9.96. The highest BCUT2D eigenvalue weighted by Crippen LogP contribution is 2.29. The van der Waals surface area contributed by atoms with Crippen LogP contribution in [0.4, 0.5) is 0 Å². The van der Waals surface area contributed by atoms with Crippen LogP contribution >= 0.6 is 0 Å². The van der Waals surface area contributed by atoms with E-state index in [1.807, 2.05) is 12.1 Å². The Morgan fingerprint density at radius 2 is 1.44 bits per heavy atom. The monoisotopic (exact) mass is 398 g/mol. The van der Waals surface area contributed by atoms with E-state index in [9.17, 15) is 13.0 Å². The fraction of sp³-hybridized carbons (Fsp3) is 0.727. The van der Waals surface area contributed by atoms with Crippen LogP contribution in [0, 0.1) is 0 Å². The van der Waals surface area contributed by atoms with Gasteiger partial charge in [-0.05, 0) is 55.9 Å². The second kappa shape index (κ2) is 11.7. The van der Waals surface area contributed by atoms with Crippen LogP contribution in [0.2, 0.25) is 0 Å². The topological polar surface area (TPSA) is 63.6 Å². The number of hydrogen-bond donors (Lipinski definition) is 1. The molecule has 0 saturated carbocycles. The summed E-state index contributed by atoms with van der Waals surface area (Å²) in [6.07, 6.45) is 11.9. The third kappa shape index (κ3) is 7.82. The van der Waals surface area contributed by atoms with Crippen molar-refractivity contribution in [2.45, 2.75) is 103 Å². The zero-order valence-corrected chi connectivity index (χ0v) is 18.4. The van der Waals surface area contributed by atoms with Crippen molar-refractivity contribution in [1.29, 1.82) is 0 Å². The van der Waals surface area contributed by atoms with Crippen molar-refractivity contribution in [3.63, 3.8) is 0 Å². The summed E-state index contributed by atoms with van der Waals surface area (Å²) in [5.74, 6) is 0.514. The van der Waals surface area contributed by atoms with Gasteiger partial charge in [0.2, 0.25) is 4.93 Å². The van der Waals surface area contributed by atoms with Crippen LogP contribution in [0.1, 0.15) is 96.6 Å². The minimum absolute atomic E-state index is 0.177. The van der Waals surface area contributed by atoms with Gasteiger partial charge in [0.15, 0.2) is 0 Å². The molecule has 0 aromatic heterocycles. The quantitative estimate of drug-likeness (QED) is 0.294. The molecule has 4 nitrogen and oxygen atoms in total. The average Bonchev–Trinajstić information content (AvgIpc) is 2.62. The highest BCUT2D eigenvalue weighted by molar-refractivity contribution is 7.87. The Kier molecular flexibility index (Phi) is 10.4. The highest BCUT2D eigenvalue weighted by Gasteiger charge is 2.38. The Hall–Kier alpha value is -1.07. The van der Waals surface area contributed by atoms with Gasteiger partial charge in [0.1, 0.15) is 5.75 Å². The molecule has 1 atom stereocenters. The summed E-state index contributed by atoms with van der Waals surface area (Å²) in [6, 6.07) is 5.88. The van der Waals surface area contributed by atoms with Crippen molar-refractivity contribution in [3.8, 4) is 5.75 Å². The highest BCUT2D eigenvalue weighted by atomic mass is 32.2. The van der Waals surface area contributed by atoms with Gasteiger partial charge in [0, 0.05) is 6.42 Å². The summed E-state index contributed by atoms with van der Waals surface area (Å²) in [6.45, 7) is 7.53. The maximum Gasteiger partial charge on any atom is 0.306 e. The van der Waals surface area contributed by atoms with E-state index in [0.29, 0.717) is 5.75 Å². The Bertz CT molecular complexity index is 654. The Labute approximate surface area is 166 Å². The van der Waals surface area contributed by atoms with Crippen LogP contribution in [0.15, 0.2) is 18.2 Å². The molecule has 0 spiro atoms. The maximum atomic E-state index is 11.7. The molecule has 0 fully saturated rings. The second-order valence-electron chi connectivity index (χ2n) is 7.62. The van der Waals surface area contributed by atoms with E-state index in [-0.39, 0.29) is 6.42 Å². The van der Waals surface area contributed by atoms with Gasteiger partial charge in [-0.3, -0.25) is 4.55 Å². The smallest absolute Gasteiger partial charge is 0.306 e. The molecule has 0 heterocycles. The standard InChI is InChI=1S/C22H38O4S/c1-5-8-10-12-14-19-16-17-21(18-20(19)15-13-11-9-6-2)26-22(4,7-3)27(23,24)25/h16-18H,5-15H2,1-4H3,(H,23,24,25).